The summed E-state index contributed by atoms with van der Waals surface area (Å²) in [6.45, 7) is 0.151. The van der Waals surface area contributed by atoms with Crippen LogP contribution in [0.5, 0.6) is 0 Å². The Balaban J connectivity index is 2.03. The maximum atomic E-state index is 11.8. The van der Waals surface area contributed by atoms with Crippen LogP contribution in [-0.2, 0) is 11.3 Å². The molecular formula is C13H9BrClNO2. The van der Waals surface area contributed by atoms with E-state index in [0.29, 0.717) is 15.2 Å². The standard InChI is InChI=1S/C13H9BrClNO2/c14-12-7-9(5-6-16-12)13(17)18-8-10-3-1-2-4-11(10)15/h1-7H,8H2. The molecule has 0 amide bonds. The highest BCUT2D eigenvalue weighted by Gasteiger charge is 2.09. The van der Waals surface area contributed by atoms with Crippen molar-refractivity contribution < 1.29 is 9.53 Å². The van der Waals surface area contributed by atoms with E-state index in [4.69, 9.17) is 16.3 Å². The summed E-state index contributed by atoms with van der Waals surface area (Å²) in [4.78, 5) is 15.7. The Morgan fingerprint density at radius 3 is 2.83 bits per heavy atom. The quantitative estimate of drug-likeness (QED) is 0.635. The average Bonchev–Trinajstić information content (AvgIpc) is 2.37. The minimum atomic E-state index is -0.405. The van der Waals surface area contributed by atoms with Crippen molar-refractivity contribution in [1.29, 1.82) is 0 Å². The Hall–Kier alpha value is -1.39. The van der Waals surface area contributed by atoms with Crippen molar-refractivity contribution >= 4 is 33.5 Å². The molecule has 1 aromatic heterocycles. The molecule has 0 fully saturated rings. The number of nitrogens with zero attached hydrogens (tertiary/aromatic N) is 1. The molecule has 0 aliphatic carbocycles. The minimum absolute atomic E-state index is 0.151. The van der Waals surface area contributed by atoms with E-state index >= 15 is 0 Å². The predicted octanol–water partition coefficient (Wildman–Crippen LogP) is 3.85. The Bertz CT molecular complexity index is 574. The van der Waals surface area contributed by atoms with Gasteiger partial charge in [0.05, 0.1) is 5.56 Å². The largest absolute Gasteiger partial charge is 0.457 e. The third-order valence-corrected chi connectivity index (χ3v) is 3.08. The van der Waals surface area contributed by atoms with Crippen LogP contribution in [0.25, 0.3) is 0 Å². The average molecular weight is 327 g/mol. The monoisotopic (exact) mass is 325 g/mol. The van der Waals surface area contributed by atoms with Crippen molar-refractivity contribution in [3.63, 3.8) is 0 Å². The smallest absolute Gasteiger partial charge is 0.338 e. The molecule has 0 saturated heterocycles. The molecule has 0 atom stereocenters. The van der Waals surface area contributed by atoms with Gasteiger partial charge in [0.15, 0.2) is 0 Å². The molecule has 0 aliphatic heterocycles. The van der Waals surface area contributed by atoms with Gasteiger partial charge >= 0.3 is 5.97 Å². The number of aromatic nitrogens is 1. The Morgan fingerprint density at radius 2 is 2.11 bits per heavy atom. The molecule has 0 spiro atoms. The highest BCUT2D eigenvalue weighted by atomic mass is 79.9. The van der Waals surface area contributed by atoms with E-state index in [1.165, 1.54) is 6.20 Å². The summed E-state index contributed by atoms with van der Waals surface area (Å²) < 4.78 is 5.77. The first-order chi connectivity index (χ1) is 8.66. The minimum Gasteiger partial charge on any atom is -0.457 e. The zero-order valence-electron chi connectivity index (χ0n) is 9.27. The SMILES string of the molecule is O=C(OCc1ccccc1Cl)c1ccnc(Br)c1. The van der Waals surface area contributed by atoms with E-state index in [0.717, 1.165) is 5.56 Å². The normalized spacial score (nSPS) is 10.1. The molecule has 0 unspecified atom stereocenters. The predicted molar refractivity (Wildman–Crippen MR) is 72.5 cm³/mol. The molecule has 0 N–H and O–H groups in total. The Labute approximate surface area is 118 Å². The van der Waals surface area contributed by atoms with Crippen LogP contribution in [0, 0.1) is 0 Å². The second-order valence-corrected chi connectivity index (χ2v) is 4.75. The van der Waals surface area contributed by atoms with E-state index < -0.39 is 5.97 Å². The van der Waals surface area contributed by atoms with E-state index in [9.17, 15) is 4.79 Å². The fourth-order valence-electron chi connectivity index (χ4n) is 1.37. The summed E-state index contributed by atoms with van der Waals surface area (Å²) in [5.41, 5.74) is 1.23. The van der Waals surface area contributed by atoms with Gasteiger partial charge in [0.25, 0.3) is 0 Å². The van der Waals surface area contributed by atoms with Crippen LogP contribution in [0.4, 0.5) is 0 Å². The van der Waals surface area contributed by atoms with Gasteiger partial charge in [-0.3, -0.25) is 0 Å². The summed E-state index contributed by atoms with van der Waals surface area (Å²) in [5, 5.41) is 0.584. The fourth-order valence-corrected chi connectivity index (χ4v) is 1.93. The first-order valence-corrected chi connectivity index (χ1v) is 6.36. The maximum absolute atomic E-state index is 11.8. The van der Waals surface area contributed by atoms with Crippen LogP contribution >= 0.6 is 27.5 Å². The molecule has 0 bridgehead atoms. The molecule has 1 heterocycles. The van der Waals surface area contributed by atoms with Gasteiger partial charge in [-0.15, -0.1) is 0 Å². The lowest BCUT2D eigenvalue weighted by Gasteiger charge is -2.06. The molecule has 0 radical (unpaired) electrons. The first-order valence-electron chi connectivity index (χ1n) is 5.19. The molecule has 2 rings (SSSR count). The van der Waals surface area contributed by atoms with Gasteiger partial charge < -0.3 is 4.74 Å². The number of halogens is 2. The number of carbonyl (C=O) groups is 1. The van der Waals surface area contributed by atoms with Gasteiger partial charge in [-0.25, -0.2) is 9.78 Å². The lowest BCUT2D eigenvalue weighted by molar-refractivity contribution is 0.0472. The van der Waals surface area contributed by atoms with Crippen molar-refractivity contribution in [2.75, 3.05) is 0 Å². The highest BCUT2D eigenvalue weighted by molar-refractivity contribution is 9.10. The summed E-state index contributed by atoms with van der Waals surface area (Å²) in [5.74, 6) is -0.405. The van der Waals surface area contributed by atoms with Gasteiger partial charge in [-0.2, -0.15) is 0 Å². The molecule has 2 aromatic rings. The van der Waals surface area contributed by atoms with Crippen LogP contribution in [0.15, 0.2) is 47.2 Å². The van der Waals surface area contributed by atoms with Gasteiger partial charge in [-0.05, 0) is 34.1 Å². The second kappa shape index (κ2) is 5.98. The number of benzene rings is 1. The summed E-state index contributed by atoms with van der Waals surface area (Å²) >= 11 is 9.17. The van der Waals surface area contributed by atoms with Crippen molar-refractivity contribution in [3.8, 4) is 0 Å². The van der Waals surface area contributed by atoms with Crippen molar-refractivity contribution in [2.45, 2.75) is 6.61 Å². The highest BCUT2D eigenvalue weighted by Crippen LogP contribution is 2.17. The van der Waals surface area contributed by atoms with Gasteiger partial charge in [0.2, 0.25) is 0 Å². The molecule has 0 aliphatic rings. The molecule has 92 valence electrons. The third-order valence-electron chi connectivity index (χ3n) is 2.28. The third kappa shape index (κ3) is 3.31. The second-order valence-electron chi connectivity index (χ2n) is 3.53. The maximum Gasteiger partial charge on any atom is 0.338 e. The lowest BCUT2D eigenvalue weighted by Crippen LogP contribution is -2.05. The van der Waals surface area contributed by atoms with Gasteiger partial charge in [0, 0.05) is 16.8 Å². The van der Waals surface area contributed by atoms with E-state index in [2.05, 4.69) is 20.9 Å². The van der Waals surface area contributed by atoms with E-state index in [1.54, 1.807) is 18.2 Å². The summed E-state index contributed by atoms with van der Waals surface area (Å²) in [6.07, 6.45) is 1.54. The molecule has 1 aromatic carbocycles. The zero-order chi connectivity index (χ0) is 13.0. The molecule has 18 heavy (non-hydrogen) atoms. The number of rotatable bonds is 3. The van der Waals surface area contributed by atoms with Crippen LogP contribution < -0.4 is 0 Å². The first kappa shape index (κ1) is 13.1. The van der Waals surface area contributed by atoms with Crippen LogP contribution in [0.1, 0.15) is 15.9 Å². The van der Waals surface area contributed by atoms with Gasteiger partial charge in [0.1, 0.15) is 11.2 Å². The molecule has 3 nitrogen and oxygen atoms in total. The lowest BCUT2D eigenvalue weighted by atomic mass is 10.2. The topological polar surface area (TPSA) is 39.2 Å². The number of carbonyl (C=O) groups excluding carboxylic acids is 1. The number of hydrogen-bond acceptors (Lipinski definition) is 3. The number of esters is 1. The zero-order valence-corrected chi connectivity index (χ0v) is 11.6. The Kier molecular flexibility index (Phi) is 4.33. The van der Waals surface area contributed by atoms with Gasteiger partial charge in [-0.1, -0.05) is 29.8 Å². The van der Waals surface area contributed by atoms with Crippen LogP contribution in [-0.4, -0.2) is 11.0 Å². The molecular weight excluding hydrogens is 318 g/mol. The number of pyridine rings is 1. The van der Waals surface area contributed by atoms with Crippen molar-refractivity contribution in [1.82, 2.24) is 4.98 Å². The molecule has 5 heteroatoms. The van der Waals surface area contributed by atoms with Crippen molar-refractivity contribution in [2.24, 2.45) is 0 Å². The van der Waals surface area contributed by atoms with Crippen LogP contribution in [0.3, 0.4) is 0 Å². The summed E-state index contributed by atoms with van der Waals surface area (Å²) in [6, 6.07) is 10.5. The summed E-state index contributed by atoms with van der Waals surface area (Å²) in [7, 11) is 0. The van der Waals surface area contributed by atoms with E-state index in [-0.39, 0.29) is 6.61 Å². The Morgan fingerprint density at radius 1 is 1.33 bits per heavy atom. The van der Waals surface area contributed by atoms with Crippen LogP contribution in [0.2, 0.25) is 5.02 Å². The number of hydrogen-bond donors (Lipinski definition) is 0. The van der Waals surface area contributed by atoms with E-state index in [1.807, 2.05) is 18.2 Å². The fraction of sp³-hybridized carbons (Fsp3) is 0.0769. The molecule has 0 saturated carbocycles. The van der Waals surface area contributed by atoms with Crippen molar-refractivity contribution in [3.05, 3.63) is 63.3 Å². The number of ether oxygens (including phenoxy) is 1.